The number of halogens is 3. The number of carbonyl (C=O) groups excluding carboxylic acids is 1. The summed E-state index contributed by atoms with van der Waals surface area (Å²) < 4.78 is 51.3. The SMILES string of the molecule is CCOC(=O)C1=C(CN2CC(F)(F)[C@H]3[C@@H]2CCN3CC[C@@](C)(O)C(=O)O)NC(c2nccs2)=N[C@H]1c1cccc(F)c1C. The molecule has 4 atom stereocenters. The third-order valence-corrected chi connectivity index (χ3v) is 9.13. The molecule has 0 saturated carbocycles. The molecule has 1 aromatic heterocycles. The van der Waals surface area contributed by atoms with Crippen molar-refractivity contribution in [3.63, 3.8) is 0 Å². The van der Waals surface area contributed by atoms with Gasteiger partial charge in [0.05, 0.1) is 24.8 Å². The zero-order valence-electron chi connectivity index (χ0n) is 24.0. The molecule has 2 saturated heterocycles. The van der Waals surface area contributed by atoms with Gasteiger partial charge in [-0.3, -0.25) is 14.8 Å². The van der Waals surface area contributed by atoms with E-state index in [0.717, 1.165) is 6.92 Å². The lowest BCUT2D eigenvalue weighted by Gasteiger charge is -2.31. The second-order valence-corrected chi connectivity index (χ2v) is 12.1. The Labute approximate surface area is 250 Å². The number of carboxylic acid groups (broad SMARTS) is 1. The number of aromatic nitrogens is 1. The van der Waals surface area contributed by atoms with Gasteiger partial charge in [-0.05, 0) is 50.8 Å². The number of carbonyl (C=O) groups is 2. The van der Waals surface area contributed by atoms with E-state index in [1.807, 2.05) is 0 Å². The van der Waals surface area contributed by atoms with Crippen molar-refractivity contribution in [2.75, 3.05) is 32.8 Å². The van der Waals surface area contributed by atoms with Crippen molar-refractivity contribution in [1.82, 2.24) is 20.1 Å². The van der Waals surface area contributed by atoms with Gasteiger partial charge in [-0.2, -0.15) is 0 Å². The van der Waals surface area contributed by atoms with Crippen molar-refractivity contribution in [3.05, 3.63) is 63.0 Å². The second-order valence-electron chi connectivity index (χ2n) is 11.2. The number of nitrogens with one attached hydrogen (secondary N) is 1. The van der Waals surface area contributed by atoms with Crippen LogP contribution < -0.4 is 5.32 Å². The summed E-state index contributed by atoms with van der Waals surface area (Å²) in [5.41, 5.74) is -0.870. The number of nitrogens with zero attached hydrogens (tertiary/aromatic N) is 4. The van der Waals surface area contributed by atoms with E-state index in [9.17, 15) is 24.2 Å². The number of rotatable bonds is 10. The standard InChI is InChI=1S/C29H34F3N5O5S/c1-4-42-26(38)21-19(34-24(25-33-10-13-43-25)35-22(21)17-6-5-7-18(30)16(17)2)14-37-15-29(31,32)23-20(37)8-11-36(23)12-9-28(3,41)27(39)40/h5-7,10,13,20,22-23,41H,4,8-9,11-12,14-15H2,1-3H3,(H,34,35)(H,39,40)/t20-,22-,23+,28+/m0/s1. The van der Waals surface area contributed by atoms with E-state index in [1.165, 1.54) is 23.5 Å². The lowest BCUT2D eigenvalue weighted by Crippen LogP contribution is -2.48. The summed E-state index contributed by atoms with van der Waals surface area (Å²) in [6, 6.07) is 1.76. The fourth-order valence-corrected chi connectivity index (χ4v) is 6.70. The number of aliphatic imine (C=N–C) groups is 1. The average molecular weight is 622 g/mol. The quantitative estimate of drug-likeness (QED) is 0.343. The van der Waals surface area contributed by atoms with Crippen molar-refractivity contribution < 1.29 is 37.7 Å². The maximum absolute atomic E-state index is 15.6. The minimum atomic E-state index is -3.14. The molecule has 0 spiro atoms. The van der Waals surface area contributed by atoms with Gasteiger partial charge in [0.2, 0.25) is 0 Å². The number of amidine groups is 1. The Balaban J connectivity index is 1.51. The molecule has 14 heteroatoms. The molecule has 0 bridgehead atoms. The zero-order chi connectivity index (χ0) is 31.1. The number of thiazole rings is 1. The smallest absolute Gasteiger partial charge is 0.338 e. The number of hydrogen-bond acceptors (Lipinski definition) is 10. The van der Waals surface area contributed by atoms with E-state index in [4.69, 9.17) is 9.73 Å². The summed E-state index contributed by atoms with van der Waals surface area (Å²) in [4.78, 5) is 37.1. The van der Waals surface area contributed by atoms with Gasteiger partial charge in [0.15, 0.2) is 16.4 Å². The number of aliphatic hydroxyl groups is 1. The number of likely N-dealkylation sites (tertiary alicyclic amines) is 2. The molecule has 3 aliphatic rings. The van der Waals surface area contributed by atoms with E-state index in [0.29, 0.717) is 40.6 Å². The van der Waals surface area contributed by atoms with Crippen LogP contribution in [0.3, 0.4) is 0 Å². The minimum absolute atomic E-state index is 0.0132. The molecule has 10 nitrogen and oxygen atoms in total. The summed E-state index contributed by atoms with van der Waals surface area (Å²) in [5.74, 6) is -5.38. The van der Waals surface area contributed by atoms with Gasteiger partial charge in [-0.15, -0.1) is 11.3 Å². The molecule has 0 aliphatic carbocycles. The van der Waals surface area contributed by atoms with Crippen LogP contribution in [0.5, 0.6) is 0 Å². The molecule has 0 unspecified atom stereocenters. The van der Waals surface area contributed by atoms with Crippen LogP contribution >= 0.6 is 11.3 Å². The molecule has 1 aromatic carbocycles. The summed E-state index contributed by atoms with van der Waals surface area (Å²) in [7, 11) is 0. The number of aliphatic carboxylic acids is 1. The maximum atomic E-state index is 15.6. The highest BCUT2D eigenvalue weighted by molar-refractivity contribution is 7.11. The van der Waals surface area contributed by atoms with Gasteiger partial charge in [-0.1, -0.05) is 12.1 Å². The van der Waals surface area contributed by atoms with Crippen LogP contribution in [-0.2, 0) is 14.3 Å². The Kier molecular flexibility index (Phi) is 8.67. The second kappa shape index (κ2) is 12.0. The van der Waals surface area contributed by atoms with Gasteiger partial charge in [0.25, 0.3) is 5.92 Å². The first-order valence-corrected chi connectivity index (χ1v) is 14.9. The topological polar surface area (TPSA) is 128 Å². The molecular formula is C29H34F3N5O5S. The molecule has 5 rings (SSSR count). The predicted octanol–water partition coefficient (Wildman–Crippen LogP) is 3.12. The Hall–Kier alpha value is -3.33. The molecule has 43 heavy (non-hydrogen) atoms. The van der Waals surface area contributed by atoms with Crippen LogP contribution in [0.4, 0.5) is 13.2 Å². The van der Waals surface area contributed by atoms with Gasteiger partial charge in [0, 0.05) is 43.0 Å². The Bertz CT molecular complexity index is 1450. The van der Waals surface area contributed by atoms with Crippen LogP contribution in [0.25, 0.3) is 0 Å². The first-order chi connectivity index (χ1) is 20.3. The molecular weight excluding hydrogens is 587 g/mol. The number of alkyl halides is 2. The summed E-state index contributed by atoms with van der Waals surface area (Å²) in [5, 5.41) is 24.8. The van der Waals surface area contributed by atoms with Crippen molar-refractivity contribution in [2.45, 2.75) is 63.3 Å². The third kappa shape index (κ3) is 6.06. The summed E-state index contributed by atoms with van der Waals surface area (Å²) in [6.07, 6.45) is 1.78. The fraction of sp³-hybridized carbons (Fsp3) is 0.517. The molecule has 3 aliphatic heterocycles. The number of carboxylic acids is 1. The molecule has 2 aromatic rings. The molecule has 2 fully saturated rings. The normalized spacial score (nSPS) is 25.2. The van der Waals surface area contributed by atoms with Crippen molar-refractivity contribution in [1.29, 1.82) is 0 Å². The lowest BCUT2D eigenvalue weighted by molar-refractivity contribution is -0.157. The summed E-state index contributed by atoms with van der Waals surface area (Å²) in [6.45, 7) is 4.08. The van der Waals surface area contributed by atoms with E-state index < -0.39 is 53.9 Å². The van der Waals surface area contributed by atoms with Gasteiger partial charge in [0.1, 0.15) is 11.9 Å². The van der Waals surface area contributed by atoms with E-state index in [-0.39, 0.29) is 31.7 Å². The van der Waals surface area contributed by atoms with Gasteiger partial charge < -0.3 is 20.3 Å². The van der Waals surface area contributed by atoms with Gasteiger partial charge >= 0.3 is 11.9 Å². The monoisotopic (exact) mass is 621 g/mol. The van der Waals surface area contributed by atoms with E-state index in [1.54, 1.807) is 41.3 Å². The van der Waals surface area contributed by atoms with E-state index >= 15 is 8.78 Å². The first kappa shape index (κ1) is 31.1. The Morgan fingerprint density at radius 3 is 2.74 bits per heavy atom. The number of esters is 1. The number of benzene rings is 1. The predicted molar refractivity (Wildman–Crippen MR) is 152 cm³/mol. The Morgan fingerprint density at radius 2 is 2.07 bits per heavy atom. The summed E-state index contributed by atoms with van der Waals surface area (Å²) >= 11 is 1.30. The molecule has 0 amide bonds. The van der Waals surface area contributed by atoms with Crippen LogP contribution in [0.2, 0.25) is 0 Å². The molecule has 232 valence electrons. The number of fused-ring (bicyclic) bond motifs is 1. The lowest BCUT2D eigenvalue weighted by atomic mass is 9.92. The minimum Gasteiger partial charge on any atom is -0.479 e. The van der Waals surface area contributed by atoms with Crippen molar-refractivity contribution in [3.8, 4) is 0 Å². The molecule has 3 N–H and O–H groups in total. The van der Waals surface area contributed by atoms with Crippen LogP contribution in [0, 0.1) is 12.7 Å². The zero-order valence-corrected chi connectivity index (χ0v) is 24.8. The third-order valence-electron chi connectivity index (χ3n) is 8.35. The number of hydrogen-bond donors (Lipinski definition) is 3. The average Bonchev–Trinajstić information content (AvgIpc) is 3.68. The molecule has 0 radical (unpaired) electrons. The van der Waals surface area contributed by atoms with Crippen LogP contribution in [0.1, 0.15) is 48.9 Å². The van der Waals surface area contributed by atoms with Crippen LogP contribution in [-0.4, -0.2) is 99.2 Å². The van der Waals surface area contributed by atoms with Gasteiger partial charge in [-0.25, -0.2) is 27.7 Å². The fourth-order valence-electron chi connectivity index (χ4n) is 6.11. The maximum Gasteiger partial charge on any atom is 0.338 e. The highest BCUT2D eigenvalue weighted by Gasteiger charge is 2.59. The van der Waals surface area contributed by atoms with E-state index in [2.05, 4.69) is 10.3 Å². The number of ether oxygens (including phenoxy) is 1. The highest BCUT2D eigenvalue weighted by Crippen LogP contribution is 2.43. The van der Waals surface area contributed by atoms with Crippen LogP contribution in [0.15, 0.2) is 46.0 Å². The highest BCUT2D eigenvalue weighted by atomic mass is 32.1. The van der Waals surface area contributed by atoms with Crippen molar-refractivity contribution in [2.24, 2.45) is 4.99 Å². The van der Waals surface area contributed by atoms with Crippen molar-refractivity contribution >= 4 is 29.1 Å². The Morgan fingerprint density at radius 1 is 1.30 bits per heavy atom. The molecule has 4 heterocycles. The first-order valence-electron chi connectivity index (χ1n) is 14.1. The largest absolute Gasteiger partial charge is 0.479 e.